The van der Waals surface area contributed by atoms with Crippen LogP contribution in [0.15, 0.2) is 47.6 Å². The lowest BCUT2D eigenvalue weighted by Gasteiger charge is -2.36. The van der Waals surface area contributed by atoms with Gasteiger partial charge in [-0.25, -0.2) is 0 Å². The molecule has 2 heterocycles. The second-order valence-electron chi connectivity index (χ2n) is 7.43. The molecule has 136 valence electrons. The molecule has 2 fully saturated rings. The van der Waals surface area contributed by atoms with Gasteiger partial charge in [0.05, 0.1) is 13.2 Å². The molecule has 3 rings (SSSR count). The monoisotopic (exact) mass is 340 g/mol. The van der Waals surface area contributed by atoms with Crippen LogP contribution in [0.1, 0.15) is 31.7 Å². The minimum absolute atomic E-state index is 0.764. The van der Waals surface area contributed by atoms with Crippen LogP contribution in [-0.4, -0.2) is 50.8 Å². The van der Waals surface area contributed by atoms with Gasteiger partial charge >= 0.3 is 0 Å². The predicted octanol–water partition coefficient (Wildman–Crippen LogP) is 4.19. The predicted molar refractivity (Wildman–Crippen MR) is 106 cm³/mol. The molecule has 0 spiro atoms. The molecule has 0 aliphatic carbocycles. The fourth-order valence-electron chi connectivity index (χ4n) is 3.75. The van der Waals surface area contributed by atoms with E-state index in [4.69, 9.17) is 4.74 Å². The minimum Gasteiger partial charge on any atom is -0.376 e. The van der Waals surface area contributed by atoms with Crippen LogP contribution in [0.25, 0.3) is 0 Å². The van der Waals surface area contributed by atoms with Gasteiger partial charge in [0.2, 0.25) is 0 Å². The summed E-state index contributed by atoms with van der Waals surface area (Å²) in [5, 5.41) is 0. The molecule has 0 aromatic heterocycles. The van der Waals surface area contributed by atoms with Crippen LogP contribution in [0, 0.1) is 6.92 Å². The zero-order valence-electron chi connectivity index (χ0n) is 15.9. The van der Waals surface area contributed by atoms with Crippen molar-refractivity contribution in [3.8, 4) is 0 Å². The summed E-state index contributed by atoms with van der Waals surface area (Å²) in [4.78, 5) is 5.11. The van der Waals surface area contributed by atoms with Crippen LogP contribution in [0.2, 0.25) is 0 Å². The van der Waals surface area contributed by atoms with E-state index in [2.05, 4.69) is 54.5 Å². The Labute approximate surface area is 153 Å². The van der Waals surface area contributed by atoms with E-state index in [1.54, 1.807) is 0 Å². The van der Waals surface area contributed by atoms with Crippen molar-refractivity contribution in [3.63, 3.8) is 0 Å². The number of ether oxygens (including phenoxy) is 1. The molecule has 2 saturated heterocycles. The first-order chi connectivity index (χ1) is 12.1. The Bertz CT molecular complexity index is 609. The van der Waals surface area contributed by atoms with E-state index >= 15 is 0 Å². The first-order valence-electron chi connectivity index (χ1n) is 9.62. The van der Waals surface area contributed by atoms with E-state index in [0.29, 0.717) is 0 Å². The third kappa shape index (κ3) is 4.96. The van der Waals surface area contributed by atoms with Gasteiger partial charge in [0.15, 0.2) is 0 Å². The maximum absolute atomic E-state index is 5.60. The number of rotatable bonds is 5. The zero-order valence-corrected chi connectivity index (χ0v) is 15.9. The molecule has 1 aromatic carbocycles. The average molecular weight is 341 g/mol. The zero-order chi connectivity index (χ0) is 17.6. The summed E-state index contributed by atoms with van der Waals surface area (Å²) in [6.07, 6.45) is 3.39. The standard InChI is InChI=1S/C22H32N2O/c1-18-6-8-21(9-7-18)24-14-12-23(13-15-24)11-4-5-19(2)22-17-25-16-10-20(22)3/h6-9H,3-5,10-17H2,1-2H3/b22-19+. The number of nitrogens with zero attached hydrogens (tertiary/aromatic N) is 2. The number of aryl methyl sites for hydroxylation is 1. The van der Waals surface area contributed by atoms with Gasteiger partial charge in [-0.15, -0.1) is 0 Å². The molecular weight excluding hydrogens is 308 g/mol. The van der Waals surface area contributed by atoms with Gasteiger partial charge in [-0.1, -0.05) is 29.8 Å². The molecule has 2 aliphatic heterocycles. The van der Waals surface area contributed by atoms with Crippen molar-refractivity contribution in [2.45, 2.75) is 33.1 Å². The maximum Gasteiger partial charge on any atom is 0.0718 e. The van der Waals surface area contributed by atoms with Gasteiger partial charge in [-0.2, -0.15) is 0 Å². The Balaban J connectivity index is 1.41. The second kappa shape index (κ2) is 8.68. The first kappa shape index (κ1) is 18.2. The van der Waals surface area contributed by atoms with Gasteiger partial charge in [0.25, 0.3) is 0 Å². The normalized spacial score (nSPS) is 21.5. The van der Waals surface area contributed by atoms with E-state index < -0.39 is 0 Å². The topological polar surface area (TPSA) is 15.7 Å². The van der Waals surface area contributed by atoms with Crippen molar-refractivity contribution >= 4 is 5.69 Å². The Morgan fingerprint density at radius 1 is 1.12 bits per heavy atom. The van der Waals surface area contributed by atoms with E-state index in [1.807, 2.05) is 0 Å². The molecule has 25 heavy (non-hydrogen) atoms. The summed E-state index contributed by atoms with van der Waals surface area (Å²) in [5.41, 5.74) is 6.83. The van der Waals surface area contributed by atoms with Crippen molar-refractivity contribution < 1.29 is 4.74 Å². The van der Waals surface area contributed by atoms with Crippen molar-refractivity contribution in [2.75, 3.05) is 50.8 Å². The molecule has 0 unspecified atom stereocenters. The van der Waals surface area contributed by atoms with Crippen molar-refractivity contribution in [1.29, 1.82) is 0 Å². The van der Waals surface area contributed by atoms with Crippen LogP contribution in [0.3, 0.4) is 0 Å². The van der Waals surface area contributed by atoms with Crippen LogP contribution in [0.5, 0.6) is 0 Å². The molecule has 0 N–H and O–H groups in total. The highest BCUT2D eigenvalue weighted by Crippen LogP contribution is 2.24. The van der Waals surface area contributed by atoms with Gasteiger partial charge < -0.3 is 9.64 Å². The first-order valence-corrected chi connectivity index (χ1v) is 9.62. The van der Waals surface area contributed by atoms with Gasteiger partial charge in [-0.05, 0) is 62.9 Å². The van der Waals surface area contributed by atoms with Gasteiger partial charge in [-0.3, -0.25) is 4.90 Å². The quantitative estimate of drug-likeness (QED) is 0.799. The molecule has 1 aromatic rings. The van der Waals surface area contributed by atoms with Gasteiger partial charge in [0, 0.05) is 31.9 Å². The van der Waals surface area contributed by atoms with Crippen molar-refractivity contribution in [1.82, 2.24) is 4.90 Å². The van der Waals surface area contributed by atoms with E-state index in [-0.39, 0.29) is 0 Å². The summed E-state index contributed by atoms with van der Waals surface area (Å²) in [6.45, 7) is 16.0. The fraction of sp³-hybridized carbons (Fsp3) is 0.545. The largest absolute Gasteiger partial charge is 0.376 e. The smallest absolute Gasteiger partial charge is 0.0718 e. The highest BCUT2D eigenvalue weighted by molar-refractivity contribution is 5.47. The minimum atomic E-state index is 0.764. The Morgan fingerprint density at radius 3 is 2.52 bits per heavy atom. The molecule has 0 saturated carbocycles. The molecule has 0 amide bonds. The number of hydrogen-bond donors (Lipinski definition) is 0. The number of piperazine rings is 1. The molecule has 3 heteroatoms. The molecular formula is C22H32N2O. The Hall–Kier alpha value is -1.58. The average Bonchev–Trinajstić information content (AvgIpc) is 2.63. The summed E-state index contributed by atoms with van der Waals surface area (Å²) >= 11 is 0. The highest BCUT2D eigenvalue weighted by atomic mass is 16.5. The van der Waals surface area contributed by atoms with Crippen molar-refractivity contribution in [2.24, 2.45) is 0 Å². The van der Waals surface area contributed by atoms with Crippen LogP contribution in [0.4, 0.5) is 5.69 Å². The summed E-state index contributed by atoms with van der Waals surface area (Å²) in [5.74, 6) is 0. The molecule has 0 radical (unpaired) electrons. The maximum atomic E-state index is 5.60. The van der Waals surface area contributed by atoms with Crippen molar-refractivity contribution in [3.05, 3.63) is 53.1 Å². The Kier molecular flexibility index (Phi) is 6.33. The number of anilines is 1. The van der Waals surface area contributed by atoms with Crippen LogP contribution < -0.4 is 4.90 Å². The summed E-state index contributed by atoms with van der Waals surface area (Å²) in [7, 11) is 0. The fourth-order valence-corrected chi connectivity index (χ4v) is 3.75. The van der Waals surface area contributed by atoms with E-state index in [0.717, 1.165) is 39.1 Å². The summed E-state index contributed by atoms with van der Waals surface area (Å²) < 4.78 is 5.60. The molecule has 0 bridgehead atoms. The van der Waals surface area contributed by atoms with E-state index in [9.17, 15) is 0 Å². The lowest BCUT2D eigenvalue weighted by molar-refractivity contribution is 0.145. The highest BCUT2D eigenvalue weighted by Gasteiger charge is 2.17. The summed E-state index contributed by atoms with van der Waals surface area (Å²) in [6, 6.07) is 8.92. The lowest BCUT2D eigenvalue weighted by Crippen LogP contribution is -2.46. The second-order valence-corrected chi connectivity index (χ2v) is 7.43. The number of hydrogen-bond acceptors (Lipinski definition) is 3. The third-order valence-electron chi connectivity index (χ3n) is 5.53. The SMILES string of the molecule is C=C1CCOC/C1=C(/C)CCCN1CCN(c2ccc(C)cc2)CC1. The third-order valence-corrected chi connectivity index (χ3v) is 5.53. The molecule has 0 atom stereocenters. The number of allylic oxidation sites excluding steroid dienone is 1. The molecule has 2 aliphatic rings. The molecule has 3 nitrogen and oxygen atoms in total. The van der Waals surface area contributed by atoms with Crippen LogP contribution >= 0.6 is 0 Å². The lowest BCUT2D eigenvalue weighted by atomic mass is 9.96. The van der Waals surface area contributed by atoms with Gasteiger partial charge in [0.1, 0.15) is 0 Å². The Morgan fingerprint density at radius 2 is 1.84 bits per heavy atom. The van der Waals surface area contributed by atoms with Crippen LogP contribution in [-0.2, 0) is 4.74 Å². The van der Waals surface area contributed by atoms with E-state index in [1.165, 1.54) is 54.0 Å². The number of benzene rings is 1.